The molecular formula is C31H38N4O2S. The zero-order chi connectivity index (χ0) is 27.6. The smallest absolute Gasteiger partial charge is 0.236 e. The molecule has 7 heteroatoms. The molecule has 200 valence electrons. The van der Waals surface area contributed by atoms with Gasteiger partial charge in [-0.1, -0.05) is 64.1 Å². The molecular weight excluding hydrogens is 492 g/mol. The molecule has 38 heavy (non-hydrogen) atoms. The summed E-state index contributed by atoms with van der Waals surface area (Å²) in [6.45, 7) is 9.43. The van der Waals surface area contributed by atoms with Crippen LogP contribution in [0.25, 0.3) is 22.0 Å². The van der Waals surface area contributed by atoms with Crippen molar-refractivity contribution in [2.24, 2.45) is 7.05 Å². The number of aromatic nitrogens is 2. The third-order valence-corrected chi connectivity index (χ3v) is 7.94. The van der Waals surface area contributed by atoms with Gasteiger partial charge in [-0.05, 0) is 77.5 Å². The lowest BCUT2D eigenvalue weighted by Gasteiger charge is -2.22. The number of nitrogens with one attached hydrogen (secondary N) is 1. The number of nitrogens with zero attached hydrogens (tertiary/aromatic N) is 3. The van der Waals surface area contributed by atoms with Gasteiger partial charge in [0.1, 0.15) is 0 Å². The van der Waals surface area contributed by atoms with Crippen molar-refractivity contribution in [2.45, 2.75) is 57.4 Å². The monoisotopic (exact) mass is 530 g/mol. The number of fused-ring (bicyclic) bond motifs is 1. The number of carbonyl (C=O) groups excluding carboxylic acids is 1. The van der Waals surface area contributed by atoms with Crippen LogP contribution in [-0.4, -0.2) is 38.9 Å². The summed E-state index contributed by atoms with van der Waals surface area (Å²) in [5, 5.41) is 5.48. The Hall–Kier alpha value is -3.29. The van der Waals surface area contributed by atoms with Crippen LogP contribution in [0.15, 0.2) is 65.7 Å². The average Bonchev–Trinajstić information content (AvgIpc) is 3.23. The summed E-state index contributed by atoms with van der Waals surface area (Å²) in [6.07, 6.45) is 2.06. The Morgan fingerprint density at radius 2 is 1.58 bits per heavy atom. The van der Waals surface area contributed by atoms with E-state index in [2.05, 4.69) is 72.7 Å². The van der Waals surface area contributed by atoms with Crippen molar-refractivity contribution in [3.8, 4) is 11.1 Å². The van der Waals surface area contributed by atoms with Crippen molar-refractivity contribution in [2.75, 3.05) is 14.1 Å². The molecule has 0 spiro atoms. The molecule has 6 nitrogen and oxygen atoms in total. The van der Waals surface area contributed by atoms with Crippen molar-refractivity contribution in [3.05, 3.63) is 83.0 Å². The Kier molecular flexibility index (Phi) is 8.48. The van der Waals surface area contributed by atoms with E-state index in [4.69, 9.17) is 0 Å². The number of amides is 1. The van der Waals surface area contributed by atoms with Crippen molar-refractivity contribution < 1.29 is 9.00 Å². The van der Waals surface area contributed by atoms with Crippen LogP contribution in [0.2, 0.25) is 0 Å². The van der Waals surface area contributed by atoms with Crippen LogP contribution in [0.5, 0.6) is 0 Å². The molecule has 1 aromatic heterocycles. The van der Waals surface area contributed by atoms with Gasteiger partial charge in [0.05, 0.1) is 23.0 Å². The highest BCUT2D eigenvalue weighted by Crippen LogP contribution is 2.35. The van der Waals surface area contributed by atoms with E-state index in [-0.39, 0.29) is 24.2 Å². The lowest BCUT2D eigenvalue weighted by molar-refractivity contribution is -0.118. The minimum absolute atomic E-state index is 0.187. The molecule has 3 aromatic carbocycles. The molecule has 0 bridgehead atoms. The molecule has 1 N–H and O–H groups in total. The Morgan fingerprint density at radius 1 is 0.947 bits per heavy atom. The largest absolute Gasteiger partial charge is 0.305 e. The fourth-order valence-corrected chi connectivity index (χ4v) is 5.66. The molecule has 0 aliphatic rings. The zero-order valence-electron chi connectivity index (χ0n) is 23.4. The van der Waals surface area contributed by atoms with Crippen LogP contribution in [0.1, 0.15) is 61.8 Å². The molecule has 0 saturated carbocycles. The second kappa shape index (κ2) is 11.6. The number of carbonyl (C=O) groups is 1. The van der Waals surface area contributed by atoms with E-state index >= 15 is 0 Å². The van der Waals surface area contributed by atoms with Crippen LogP contribution < -0.4 is 4.72 Å². The number of hydrogen-bond donors (Lipinski definition) is 1. The van der Waals surface area contributed by atoms with Crippen molar-refractivity contribution in [1.82, 2.24) is 19.4 Å². The molecule has 0 aliphatic heterocycles. The summed E-state index contributed by atoms with van der Waals surface area (Å²) in [6, 6.07) is 18.4. The fourth-order valence-electron chi connectivity index (χ4n) is 4.88. The Morgan fingerprint density at radius 3 is 2.16 bits per heavy atom. The molecule has 0 fully saturated rings. The van der Waals surface area contributed by atoms with Crippen molar-refractivity contribution in [1.29, 1.82) is 0 Å². The van der Waals surface area contributed by atoms with E-state index in [1.54, 1.807) is 0 Å². The first-order valence-electron chi connectivity index (χ1n) is 13.1. The first kappa shape index (κ1) is 27.7. The van der Waals surface area contributed by atoms with Gasteiger partial charge in [-0.3, -0.25) is 14.2 Å². The summed E-state index contributed by atoms with van der Waals surface area (Å²) < 4.78 is 17.5. The molecule has 1 unspecified atom stereocenters. The quantitative estimate of drug-likeness (QED) is 0.291. The molecule has 1 amide bonds. The second-order valence-corrected chi connectivity index (χ2v) is 12.0. The van der Waals surface area contributed by atoms with Crippen LogP contribution in [0.4, 0.5) is 0 Å². The lowest BCUT2D eigenvalue weighted by atomic mass is 9.84. The number of benzene rings is 3. The van der Waals surface area contributed by atoms with Gasteiger partial charge in [-0.25, -0.2) is 4.21 Å². The molecule has 4 aromatic rings. The van der Waals surface area contributed by atoms with E-state index in [0.717, 1.165) is 50.8 Å². The summed E-state index contributed by atoms with van der Waals surface area (Å²) in [5.74, 6) is 0.212. The van der Waals surface area contributed by atoms with Gasteiger partial charge in [-0.15, -0.1) is 0 Å². The zero-order valence-corrected chi connectivity index (χ0v) is 24.2. The minimum Gasteiger partial charge on any atom is -0.305 e. The predicted octanol–water partition coefficient (Wildman–Crippen LogP) is 5.93. The van der Waals surface area contributed by atoms with E-state index < -0.39 is 11.0 Å². The maximum absolute atomic E-state index is 13.1. The van der Waals surface area contributed by atoms with Crippen molar-refractivity contribution in [3.63, 3.8) is 0 Å². The van der Waals surface area contributed by atoms with E-state index in [1.807, 2.05) is 56.3 Å². The Balaban J connectivity index is 1.61. The highest BCUT2D eigenvalue weighted by Gasteiger charge is 2.20. The van der Waals surface area contributed by atoms with Gasteiger partial charge in [0, 0.05) is 19.0 Å². The Labute approximate surface area is 228 Å². The fraction of sp³-hybridized carbons (Fsp3) is 0.355. The maximum atomic E-state index is 13.1. The van der Waals surface area contributed by atoms with Crippen LogP contribution in [0, 0.1) is 0 Å². The Bertz CT molecular complexity index is 1440. The topological polar surface area (TPSA) is 67.2 Å². The number of hydrogen-bond acceptors (Lipinski definition) is 4. The highest BCUT2D eigenvalue weighted by molar-refractivity contribution is 7.83. The molecule has 0 aliphatic carbocycles. The van der Waals surface area contributed by atoms with Crippen LogP contribution >= 0.6 is 0 Å². The van der Waals surface area contributed by atoms with Crippen LogP contribution in [0.3, 0.4) is 0 Å². The van der Waals surface area contributed by atoms with E-state index in [9.17, 15) is 9.00 Å². The SMILES string of the molecule is CC(C)c1cc(-c2ccc3cnn(C)c3c2)cc(C(C)C)c1CC(=O)NS(=O)c1ccc(CN(C)C)cc1. The van der Waals surface area contributed by atoms with Crippen LogP contribution in [-0.2, 0) is 35.8 Å². The third kappa shape index (κ3) is 6.22. The normalized spacial score (nSPS) is 12.6. The summed E-state index contributed by atoms with van der Waals surface area (Å²) in [7, 11) is 4.36. The molecule has 0 radical (unpaired) electrons. The molecule has 1 atom stereocenters. The summed E-state index contributed by atoms with van der Waals surface area (Å²) in [4.78, 5) is 15.8. The summed E-state index contributed by atoms with van der Waals surface area (Å²) >= 11 is 0. The minimum atomic E-state index is -1.61. The van der Waals surface area contributed by atoms with E-state index in [1.165, 1.54) is 0 Å². The number of rotatable bonds is 9. The molecule has 4 rings (SSSR count). The average molecular weight is 531 g/mol. The first-order chi connectivity index (χ1) is 18.0. The number of aryl methyl sites for hydroxylation is 1. The first-order valence-corrected chi connectivity index (χ1v) is 14.2. The summed E-state index contributed by atoms with van der Waals surface area (Å²) in [5.41, 5.74) is 7.78. The standard InChI is InChI=1S/C31H38N4O2S/c1-20(2)27-14-25(23-10-11-24-18-32-35(7)30(24)16-23)15-28(21(3)4)29(27)17-31(36)33-38(37)26-12-8-22(9-13-26)19-34(5)6/h8-16,18,20-21H,17,19H2,1-7H3,(H,33,36). The van der Waals surface area contributed by atoms with Gasteiger partial charge in [0.2, 0.25) is 5.91 Å². The van der Waals surface area contributed by atoms with E-state index in [0.29, 0.717) is 4.90 Å². The van der Waals surface area contributed by atoms with Crippen molar-refractivity contribution >= 4 is 27.8 Å². The van der Waals surface area contributed by atoms with Gasteiger partial charge in [0.25, 0.3) is 0 Å². The van der Waals surface area contributed by atoms with Gasteiger partial charge >= 0.3 is 0 Å². The van der Waals surface area contributed by atoms with Gasteiger partial charge in [-0.2, -0.15) is 5.10 Å². The van der Waals surface area contributed by atoms with Gasteiger partial charge in [0.15, 0.2) is 11.0 Å². The third-order valence-electron chi connectivity index (χ3n) is 6.83. The molecule has 1 heterocycles. The molecule has 0 saturated heterocycles. The van der Waals surface area contributed by atoms with Gasteiger partial charge < -0.3 is 4.90 Å². The predicted molar refractivity (Wildman–Crippen MR) is 156 cm³/mol. The maximum Gasteiger partial charge on any atom is 0.236 e. The second-order valence-electron chi connectivity index (χ2n) is 10.8. The highest BCUT2D eigenvalue weighted by atomic mass is 32.2. The lowest BCUT2D eigenvalue weighted by Crippen LogP contribution is -2.28.